The molecule has 1 saturated heterocycles. The van der Waals surface area contributed by atoms with Crippen LogP contribution in [0, 0.1) is 20.8 Å². The summed E-state index contributed by atoms with van der Waals surface area (Å²) < 4.78 is 1.52. The van der Waals surface area contributed by atoms with Crippen molar-refractivity contribution in [1.29, 1.82) is 0 Å². The zero-order valence-corrected chi connectivity index (χ0v) is 20.7. The van der Waals surface area contributed by atoms with Gasteiger partial charge in [-0.1, -0.05) is 48.0 Å². The molecule has 2 heterocycles. The summed E-state index contributed by atoms with van der Waals surface area (Å²) in [5, 5.41) is 5.91. The van der Waals surface area contributed by atoms with Crippen LogP contribution < -0.4 is 10.9 Å². The third kappa shape index (κ3) is 4.75. The molecule has 7 nitrogen and oxygen atoms in total. The molecule has 7 heteroatoms. The summed E-state index contributed by atoms with van der Waals surface area (Å²) in [6.45, 7) is 9.98. The van der Waals surface area contributed by atoms with Crippen molar-refractivity contribution in [2.75, 3.05) is 6.54 Å². The van der Waals surface area contributed by atoms with Gasteiger partial charge in [-0.05, 0) is 69.0 Å². The second kappa shape index (κ2) is 9.62. The number of nitrogens with zero attached hydrogens (tertiary/aromatic N) is 2. The molecular weight excluding hydrogens is 440 g/mol. The number of allylic oxidation sites excluding steroid dienone is 1. The Morgan fingerprint density at radius 3 is 2.37 bits per heavy atom. The smallest absolute Gasteiger partial charge is 0.303 e. The number of aromatic amines is 1. The molecular formula is C28H30N4O3. The van der Waals surface area contributed by atoms with E-state index >= 15 is 0 Å². The Hall–Kier alpha value is -4.13. The average molecular weight is 471 g/mol. The molecule has 3 amide bonds. The monoisotopic (exact) mass is 470 g/mol. The van der Waals surface area contributed by atoms with Gasteiger partial charge in [0.25, 0.3) is 11.5 Å². The lowest BCUT2D eigenvalue weighted by Gasteiger charge is -2.09. The maximum Gasteiger partial charge on any atom is 0.329 e. The number of H-pyrrole nitrogens is 1. The van der Waals surface area contributed by atoms with Crippen molar-refractivity contribution < 1.29 is 9.59 Å². The second-order valence-electron chi connectivity index (χ2n) is 9.15. The Morgan fingerprint density at radius 2 is 1.66 bits per heavy atom. The van der Waals surface area contributed by atoms with Crippen molar-refractivity contribution in [2.45, 2.75) is 41.0 Å². The van der Waals surface area contributed by atoms with Gasteiger partial charge >= 0.3 is 6.03 Å². The fourth-order valence-corrected chi connectivity index (χ4v) is 4.08. The maximum atomic E-state index is 13.6. The number of imide groups is 1. The molecule has 4 rings (SSSR count). The number of rotatable bonds is 6. The van der Waals surface area contributed by atoms with Crippen LogP contribution in [-0.4, -0.2) is 33.2 Å². The summed E-state index contributed by atoms with van der Waals surface area (Å²) >= 11 is 0. The van der Waals surface area contributed by atoms with E-state index in [1.807, 2.05) is 83.2 Å². The number of aromatic nitrogens is 2. The lowest BCUT2D eigenvalue weighted by Crippen LogP contribution is -2.31. The van der Waals surface area contributed by atoms with E-state index in [4.69, 9.17) is 0 Å². The highest BCUT2D eigenvalue weighted by molar-refractivity contribution is 6.14. The topological polar surface area (TPSA) is 87.2 Å². The quantitative estimate of drug-likeness (QED) is 0.315. The first-order valence-corrected chi connectivity index (χ1v) is 11.6. The summed E-state index contributed by atoms with van der Waals surface area (Å²) in [7, 11) is 0. The van der Waals surface area contributed by atoms with Gasteiger partial charge in [0.15, 0.2) is 0 Å². The normalized spacial score (nSPS) is 14.5. The zero-order chi connectivity index (χ0) is 25.3. The first-order valence-electron chi connectivity index (χ1n) is 11.6. The van der Waals surface area contributed by atoms with Crippen LogP contribution in [0.4, 0.5) is 4.79 Å². The van der Waals surface area contributed by atoms with Crippen molar-refractivity contribution in [3.8, 4) is 5.69 Å². The zero-order valence-electron chi connectivity index (χ0n) is 20.7. The minimum Gasteiger partial charge on any atom is -0.303 e. The van der Waals surface area contributed by atoms with Crippen LogP contribution in [0.5, 0.6) is 0 Å². The molecule has 0 bridgehead atoms. The number of aryl methyl sites for hydroxylation is 2. The van der Waals surface area contributed by atoms with Crippen LogP contribution in [0.1, 0.15) is 47.4 Å². The number of hydrogen-bond acceptors (Lipinski definition) is 3. The summed E-state index contributed by atoms with van der Waals surface area (Å²) in [5.41, 5.74) is 6.80. The number of carbonyl (C=O) groups excluding carboxylic acids is 2. The SMILES string of the molecule is CC(C)=CCN1C(=O)N/C(=C\c2c(Cc3ccccc3C)[nH]n(-c3cccc(C)c3C)c2=O)C1=O. The average Bonchev–Trinajstić information content (AvgIpc) is 3.26. The summed E-state index contributed by atoms with van der Waals surface area (Å²) in [6, 6.07) is 13.3. The van der Waals surface area contributed by atoms with Crippen LogP contribution in [0.2, 0.25) is 0 Å². The van der Waals surface area contributed by atoms with E-state index in [-0.39, 0.29) is 17.8 Å². The van der Waals surface area contributed by atoms with E-state index in [9.17, 15) is 14.4 Å². The van der Waals surface area contributed by atoms with E-state index in [2.05, 4.69) is 10.4 Å². The standard InChI is InChI=1S/C28H30N4O3/c1-17(2)13-14-31-27(34)24(29-28(31)35)16-22-23(15-21-11-7-6-9-19(21)4)30-32(26(22)33)25-12-8-10-18(3)20(25)5/h6-13,16,30H,14-15H2,1-5H3,(H,29,35)/b24-16-. The highest BCUT2D eigenvalue weighted by atomic mass is 16.2. The molecule has 0 saturated carbocycles. The molecule has 1 aliphatic rings. The van der Waals surface area contributed by atoms with E-state index < -0.39 is 11.9 Å². The second-order valence-corrected chi connectivity index (χ2v) is 9.15. The Labute approximate surface area is 204 Å². The van der Waals surface area contributed by atoms with E-state index in [0.29, 0.717) is 17.7 Å². The van der Waals surface area contributed by atoms with Crippen LogP contribution >= 0.6 is 0 Å². The van der Waals surface area contributed by atoms with Crippen molar-refractivity contribution in [3.63, 3.8) is 0 Å². The molecule has 0 unspecified atom stereocenters. The van der Waals surface area contributed by atoms with Gasteiger partial charge in [-0.3, -0.25) is 19.6 Å². The van der Waals surface area contributed by atoms with Crippen LogP contribution in [0.3, 0.4) is 0 Å². The van der Waals surface area contributed by atoms with Crippen LogP contribution in [0.15, 0.2) is 64.6 Å². The summed E-state index contributed by atoms with van der Waals surface area (Å²) in [4.78, 5) is 40.2. The number of urea groups is 1. The van der Waals surface area contributed by atoms with Crippen molar-refractivity contribution in [1.82, 2.24) is 20.0 Å². The van der Waals surface area contributed by atoms with Crippen LogP contribution in [0.25, 0.3) is 11.8 Å². The number of nitrogens with one attached hydrogen (secondary N) is 2. The summed E-state index contributed by atoms with van der Waals surface area (Å²) in [6.07, 6.45) is 3.78. The van der Waals surface area contributed by atoms with Crippen molar-refractivity contribution >= 4 is 18.0 Å². The lowest BCUT2D eigenvalue weighted by atomic mass is 10.0. The Kier molecular flexibility index (Phi) is 6.60. The molecule has 1 fully saturated rings. The minimum absolute atomic E-state index is 0.0902. The third-order valence-corrected chi connectivity index (χ3v) is 6.38. The van der Waals surface area contributed by atoms with Gasteiger partial charge in [0.1, 0.15) is 5.70 Å². The van der Waals surface area contributed by atoms with E-state index in [0.717, 1.165) is 38.4 Å². The highest BCUT2D eigenvalue weighted by Crippen LogP contribution is 2.21. The lowest BCUT2D eigenvalue weighted by molar-refractivity contribution is -0.122. The minimum atomic E-state index is -0.496. The van der Waals surface area contributed by atoms with Crippen molar-refractivity contribution in [3.05, 3.63) is 104 Å². The largest absolute Gasteiger partial charge is 0.329 e. The first-order chi connectivity index (χ1) is 16.7. The predicted molar refractivity (Wildman–Crippen MR) is 138 cm³/mol. The fraction of sp³-hybridized carbons (Fsp3) is 0.250. The van der Waals surface area contributed by atoms with E-state index in [1.54, 1.807) is 0 Å². The number of carbonyl (C=O) groups is 2. The summed E-state index contributed by atoms with van der Waals surface area (Å²) in [5.74, 6) is -0.451. The molecule has 0 spiro atoms. The predicted octanol–water partition coefficient (Wildman–Crippen LogP) is 4.54. The Morgan fingerprint density at radius 1 is 0.943 bits per heavy atom. The third-order valence-electron chi connectivity index (χ3n) is 6.38. The van der Waals surface area contributed by atoms with E-state index in [1.165, 1.54) is 10.8 Å². The van der Waals surface area contributed by atoms with Crippen LogP contribution in [-0.2, 0) is 11.2 Å². The van der Waals surface area contributed by atoms with Gasteiger partial charge in [-0.2, -0.15) is 0 Å². The van der Waals surface area contributed by atoms with Gasteiger partial charge in [0, 0.05) is 18.7 Å². The highest BCUT2D eigenvalue weighted by Gasteiger charge is 2.33. The molecule has 2 aromatic carbocycles. The fourth-order valence-electron chi connectivity index (χ4n) is 4.08. The van der Waals surface area contributed by atoms with Crippen molar-refractivity contribution in [2.24, 2.45) is 0 Å². The Bertz CT molecular complexity index is 1430. The van der Waals surface area contributed by atoms with Gasteiger partial charge in [-0.15, -0.1) is 0 Å². The molecule has 0 atom stereocenters. The van der Waals surface area contributed by atoms with Gasteiger partial charge < -0.3 is 5.32 Å². The molecule has 0 radical (unpaired) electrons. The Balaban J connectivity index is 1.83. The van der Waals surface area contributed by atoms with Gasteiger partial charge in [0.2, 0.25) is 0 Å². The first kappa shape index (κ1) is 24.0. The molecule has 35 heavy (non-hydrogen) atoms. The molecule has 1 aromatic heterocycles. The van der Waals surface area contributed by atoms with Gasteiger partial charge in [0.05, 0.1) is 11.3 Å². The van der Waals surface area contributed by atoms with Gasteiger partial charge in [-0.25, -0.2) is 9.48 Å². The molecule has 3 aromatic rings. The molecule has 180 valence electrons. The number of amides is 3. The maximum absolute atomic E-state index is 13.6. The number of hydrogen-bond donors (Lipinski definition) is 2. The molecule has 0 aliphatic carbocycles. The molecule has 1 aliphatic heterocycles. The molecule has 2 N–H and O–H groups in total. The number of benzene rings is 2.